The van der Waals surface area contributed by atoms with Crippen LogP contribution in [0.25, 0.3) is 0 Å². The summed E-state index contributed by atoms with van der Waals surface area (Å²) in [4.78, 5) is 0. The Morgan fingerprint density at radius 1 is 1.00 bits per heavy atom. The van der Waals surface area contributed by atoms with Crippen molar-refractivity contribution in [3.05, 3.63) is 0 Å². The summed E-state index contributed by atoms with van der Waals surface area (Å²) in [7, 11) is -3.26. The Balaban J connectivity index is 2.09. The van der Waals surface area contributed by atoms with Crippen molar-refractivity contribution < 1.29 is 8.42 Å². The molecule has 1 N–H and O–H groups in total. The highest BCUT2D eigenvalue weighted by molar-refractivity contribution is 7.86. The molecular weight excluding hydrogens is 250 g/mol. The van der Waals surface area contributed by atoms with Gasteiger partial charge in [-0.1, -0.05) is 13.8 Å². The summed E-state index contributed by atoms with van der Waals surface area (Å²) in [6.07, 6.45) is 1.13. The minimum atomic E-state index is -3.26. The number of piperidine rings is 1. The highest BCUT2D eigenvalue weighted by Crippen LogP contribution is 2.25. The Labute approximate surface area is 111 Å². The van der Waals surface area contributed by atoms with Crippen LogP contribution in [0.15, 0.2) is 0 Å². The Hall–Kier alpha value is -0.170. The third-order valence-electron chi connectivity index (χ3n) is 3.82. The van der Waals surface area contributed by atoms with Gasteiger partial charge in [-0.3, -0.25) is 0 Å². The predicted octanol–water partition coefficient (Wildman–Crippen LogP) is 0.503. The first-order valence-electron chi connectivity index (χ1n) is 6.88. The minimum Gasteiger partial charge on any atom is -0.312 e. The van der Waals surface area contributed by atoms with Crippen LogP contribution in [0.2, 0.25) is 0 Å². The fraction of sp³-hybridized carbons (Fsp3) is 1.00. The third-order valence-corrected chi connectivity index (χ3v) is 5.75. The summed E-state index contributed by atoms with van der Waals surface area (Å²) in [6, 6.07) is 0.244. The molecule has 18 heavy (non-hydrogen) atoms. The van der Waals surface area contributed by atoms with Gasteiger partial charge < -0.3 is 5.32 Å². The highest BCUT2D eigenvalue weighted by atomic mass is 32.2. The average molecular weight is 275 g/mol. The van der Waals surface area contributed by atoms with Crippen molar-refractivity contribution in [1.82, 2.24) is 13.9 Å². The second-order valence-corrected chi connectivity index (χ2v) is 7.91. The van der Waals surface area contributed by atoms with Crippen LogP contribution in [-0.2, 0) is 10.2 Å². The molecule has 0 aromatic carbocycles. The van der Waals surface area contributed by atoms with Crippen LogP contribution in [0.3, 0.4) is 0 Å². The molecule has 2 heterocycles. The lowest BCUT2D eigenvalue weighted by molar-refractivity contribution is 0.201. The monoisotopic (exact) mass is 275 g/mol. The molecule has 2 aliphatic heterocycles. The molecule has 3 atom stereocenters. The standard InChI is InChI=1S/C12H25N3O2S/c1-10-6-11(2)8-15(7-10)18(16,17)14-5-4-13-12(3)9-14/h10-13H,4-9H2,1-3H3/t10?,11?,12-/m1/s1. The summed E-state index contributed by atoms with van der Waals surface area (Å²) >= 11 is 0. The Kier molecular flexibility index (Phi) is 4.31. The van der Waals surface area contributed by atoms with Gasteiger partial charge in [-0.05, 0) is 25.2 Å². The maximum absolute atomic E-state index is 12.6. The van der Waals surface area contributed by atoms with Crippen molar-refractivity contribution in [3.8, 4) is 0 Å². The molecule has 5 nitrogen and oxygen atoms in total. The summed E-state index contributed by atoms with van der Waals surface area (Å²) in [5.41, 5.74) is 0. The first-order valence-corrected chi connectivity index (χ1v) is 8.28. The van der Waals surface area contributed by atoms with E-state index in [1.165, 1.54) is 0 Å². The molecule has 0 bridgehead atoms. The fourth-order valence-corrected chi connectivity index (χ4v) is 5.01. The molecule has 0 saturated carbocycles. The zero-order chi connectivity index (χ0) is 13.3. The number of hydrogen-bond acceptors (Lipinski definition) is 3. The minimum absolute atomic E-state index is 0.244. The molecule has 0 radical (unpaired) electrons. The number of nitrogens with zero attached hydrogens (tertiary/aromatic N) is 2. The molecule has 106 valence electrons. The van der Waals surface area contributed by atoms with E-state index < -0.39 is 10.2 Å². The van der Waals surface area contributed by atoms with Gasteiger partial charge in [-0.15, -0.1) is 0 Å². The summed E-state index contributed by atoms with van der Waals surface area (Å²) in [6.45, 7) is 9.57. The van der Waals surface area contributed by atoms with Crippen molar-refractivity contribution >= 4 is 10.2 Å². The van der Waals surface area contributed by atoms with E-state index in [1.807, 2.05) is 6.92 Å². The highest BCUT2D eigenvalue weighted by Gasteiger charge is 2.36. The molecule has 0 aliphatic carbocycles. The van der Waals surface area contributed by atoms with Gasteiger partial charge in [0, 0.05) is 38.8 Å². The maximum Gasteiger partial charge on any atom is 0.282 e. The van der Waals surface area contributed by atoms with Gasteiger partial charge in [-0.25, -0.2) is 0 Å². The van der Waals surface area contributed by atoms with Gasteiger partial charge in [-0.2, -0.15) is 17.0 Å². The molecule has 2 fully saturated rings. The molecule has 0 aromatic rings. The van der Waals surface area contributed by atoms with Crippen LogP contribution >= 0.6 is 0 Å². The molecule has 2 unspecified atom stereocenters. The van der Waals surface area contributed by atoms with Gasteiger partial charge in [0.2, 0.25) is 0 Å². The van der Waals surface area contributed by atoms with Crippen LogP contribution in [-0.4, -0.2) is 55.8 Å². The topological polar surface area (TPSA) is 52.7 Å². The normalized spacial score (nSPS) is 36.7. The predicted molar refractivity (Wildman–Crippen MR) is 72.5 cm³/mol. The SMILES string of the molecule is CC1CC(C)CN(S(=O)(=O)N2CCN[C@H](C)C2)C1. The maximum atomic E-state index is 12.6. The van der Waals surface area contributed by atoms with Crippen molar-refractivity contribution in [2.24, 2.45) is 11.8 Å². The van der Waals surface area contributed by atoms with Crippen LogP contribution < -0.4 is 5.32 Å². The second-order valence-electron chi connectivity index (χ2n) is 5.98. The van der Waals surface area contributed by atoms with Gasteiger partial charge in [0.15, 0.2) is 0 Å². The van der Waals surface area contributed by atoms with Gasteiger partial charge in [0.1, 0.15) is 0 Å². The molecule has 2 aliphatic rings. The number of piperazine rings is 1. The van der Waals surface area contributed by atoms with E-state index in [1.54, 1.807) is 8.61 Å². The van der Waals surface area contributed by atoms with Crippen LogP contribution in [0.5, 0.6) is 0 Å². The van der Waals surface area contributed by atoms with Crippen molar-refractivity contribution in [2.75, 3.05) is 32.7 Å². The number of rotatable bonds is 2. The van der Waals surface area contributed by atoms with E-state index in [0.29, 0.717) is 38.0 Å². The lowest BCUT2D eigenvalue weighted by Crippen LogP contribution is -2.56. The van der Waals surface area contributed by atoms with Gasteiger partial charge in [0.05, 0.1) is 0 Å². The largest absolute Gasteiger partial charge is 0.312 e. The van der Waals surface area contributed by atoms with Gasteiger partial charge in [0.25, 0.3) is 10.2 Å². The lowest BCUT2D eigenvalue weighted by Gasteiger charge is -2.39. The van der Waals surface area contributed by atoms with Crippen molar-refractivity contribution in [2.45, 2.75) is 33.2 Å². The molecule has 6 heteroatoms. The van der Waals surface area contributed by atoms with Crippen LogP contribution in [0.4, 0.5) is 0 Å². The Morgan fingerprint density at radius 2 is 1.61 bits per heavy atom. The van der Waals surface area contributed by atoms with E-state index in [0.717, 1.165) is 13.0 Å². The average Bonchev–Trinajstić information content (AvgIpc) is 2.27. The van der Waals surface area contributed by atoms with Crippen molar-refractivity contribution in [3.63, 3.8) is 0 Å². The first-order chi connectivity index (χ1) is 8.39. The van der Waals surface area contributed by atoms with Crippen LogP contribution in [0.1, 0.15) is 27.2 Å². The van der Waals surface area contributed by atoms with E-state index >= 15 is 0 Å². The third kappa shape index (κ3) is 3.04. The van der Waals surface area contributed by atoms with E-state index in [4.69, 9.17) is 0 Å². The number of hydrogen-bond donors (Lipinski definition) is 1. The van der Waals surface area contributed by atoms with Crippen LogP contribution in [0, 0.1) is 11.8 Å². The first kappa shape index (κ1) is 14.2. The number of nitrogens with one attached hydrogen (secondary N) is 1. The molecule has 2 rings (SSSR count). The molecule has 0 spiro atoms. The van der Waals surface area contributed by atoms with E-state index in [-0.39, 0.29) is 6.04 Å². The Morgan fingerprint density at radius 3 is 2.17 bits per heavy atom. The summed E-state index contributed by atoms with van der Waals surface area (Å²) < 4.78 is 28.5. The summed E-state index contributed by atoms with van der Waals surface area (Å²) in [5, 5.41) is 3.28. The zero-order valence-electron chi connectivity index (χ0n) is 11.6. The van der Waals surface area contributed by atoms with E-state index in [2.05, 4.69) is 19.2 Å². The lowest BCUT2D eigenvalue weighted by atomic mass is 9.94. The molecule has 2 saturated heterocycles. The Bertz CT molecular complexity index is 375. The molecule has 0 amide bonds. The zero-order valence-corrected chi connectivity index (χ0v) is 12.4. The molecular formula is C12H25N3O2S. The molecule has 0 aromatic heterocycles. The smallest absolute Gasteiger partial charge is 0.282 e. The second kappa shape index (κ2) is 5.45. The summed E-state index contributed by atoms with van der Waals surface area (Å²) in [5.74, 6) is 0.924. The fourth-order valence-electron chi connectivity index (χ4n) is 3.06. The van der Waals surface area contributed by atoms with Crippen molar-refractivity contribution in [1.29, 1.82) is 0 Å². The van der Waals surface area contributed by atoms with Gasteiger partial charge >= 0.3 is 0 Å². The van der Waals surface area contributed by atoms with E-state index in [9.17, 15) is 8.42 Å². The quantitative estimate of drug-likeness (QED) is 0.798.